The number of carboxylic acids is 1. The molecule has 3 rings (SSSR count). The third-order valence-corrected chi connectivity index (χ3v) is 6.86. The minimum atomic E-state index is -1.08. The van der Waals surface area contributed by atoms with Crippen LogP contribution in [-0.2, 0) is 14.4 Å². The van der Waals surface area contributed by atoms with E-state index >= 15 is 0 Å². The van der Waals surface area contributed by atoms with Crippen LogP contribution in [-0.4, -0.2) is 53.0 Å². The van der Waals surface area contributed by atoms with Gasteiger partial charge < -0.3 is 20.1 Å². The fraction of sp³-hybridized carbons (Fsp3) is 0.522. The molecule has 1 aliphatic carbocycles. The standard InChI is InChI=1S/C23H28Cl2N2O5/c1-14(23(30)31)26-22(29)16-10-12-27(13-11-16)19(28)9-7-15-6-8-18(21(25)20(15)24)32-17-4-2-3-5-17/h6-9,14,16-17H,2-5,10-13H2,1H3,(H,26,29)(H,30,31). The lowest BCUT2D eigenvalue weighted by Gasteiger charge is -2.31. The van der Waals surface area contributed by atoms with Gasteiger partial charge in [0.05, 0.1) is 11.1 Å². The van der Waals surface area contributed by atoms with Crippen molar-refractivity contribution in [1.29, 1.82) is 0 Å². The molecule has 32 heavy (non-hydrogen) atoms. The number of ether oxygens (including phenoxy) is 1. The zero-order valence-corrected chi connectivity index (χ0v) is 19.5. The van der Waals surface area contributed by atoms with Crippen molar-refractivity contribution in [3.63, 3.8) is 0 Å². The lowest BCUT2D eigenvalue weighted by Crippen LogP contribution is -2.46. The fourth-order valence-corrected chi connectivity index (χ4v) is 4.41. The third-order valence-electron chi connectivity index (χ3n) is 5.98. The number of carboxylic acid groups (broad SMARTS) is 1. The molecular weight excluding hydrogens is 455 g/mol. The fourth-order valence-electron chi connectivity index (χ4n) is 3.97. The number of nitrogens with one attached hydrogen (secondary N) is 1. The van der Waals surface area contributed by atoms with Gasteiger partial charge in [0, 0.05) is 25.1 Å². The Morgan fingerprint density at radius 2 is 1.78 bits per heavy atom. The average Bonchev–Trinajstić information content (AvgIpc) is 3.29. The van der Waals surface area contributed by atoms with Gasteiger partial charge in [0.25, 0.3) is 0 Å². The van der Waals surface area contributed by atoms with Crippen LogP contribution in [0.1, 0.15) is 51.0 Å². The van der Waals surface area contributed by atoms with E-state index in [0.29, 0.717) is 47.3 Å². The second-order valence-electron chi connectivity index (χ2n) is 8.31. The maximum atomic E-state index is 12.6. The Hall–Kier alpha value is -2.25. The molecule has 0 radical (unpaired) electrons. The minimum Gasteiger partial charge on any atom is -0.489 e. The average molecular weight is 483 g/mol. The van der Waals surface area contributed by atoms with Gasteiger partial charge >= 0.3 is 5.97 Å². The van der Waals surface area contributed by atoms with Crippen molar-refractivity contribution < 1.29 is 24.2 Å². The molecule has 0 spiro atoms. The van der Waals surface area contributed by atoms with Gasteiger partial charge in [-0.1, -0.05) is 23.2 Å². The van der Waals surface area contributed by atoms with Gasteiger partial charge in [0.1, 0.15) is 16.8 Å². The molecule has 0 bridgehead atoms. The van der Waals surface area contributed by atoms with E-state index in [1.54, 1.807) is 23.1 Å². The Bertz CT molecular complexity index is 891. The number of benzene rings is 1. The number of rotatable bonds is 7. The topological polar surface area (TPSA) is 95.9 Å². The normalized spacial score (nSPS) is 18.7. The second-order valence-corrected chi connectivity index (χ2v) is 9.06. The predicted molar refractivity (Wildman–Crippen MR) is 123 cm³/mol. The van der Waals surface area contributed by atoms with E-state index in [-0.39, 0.29) is 23.8 Å². The second kappa shape index (κ2) is 11.1. The molecule has 7 nitrogen and oxygen atoms in total. The smallest absolute Gasteiger partial charge is 0.325 e. The van der Waals surface area contributed by atoms with Crippen molar-refractivity contribution >= 4 is 47.1 Å². The Labute approximate surface area is 197 Å². The summed E-state index contributed by atoms with van der Waals surface area (Å²) in [6.45, 7) is 2.27. The zero-order chi connectivity index (χ0) is 23.3. The maximum Gasteiger partial charge on any atom is 0.325 e. The molecule has 2 fully saturated rings. The van der Waals surface area contributed by atoms with Gasteiger partial charge in [-0.05, 0) is 69.2 Å². The first-order valence-corrected chi connectivity index (χ1v) is 11.7. The summed E-state index contributed by atoms with van der Waals surface area (Å²) < 4.78 is 5.95. The summed E-state index contributed by atoms with van der Waals surface area (Å²) in [6.07, 6.45) is 8.55. The van der Waals surface area contributed by atoms with Gasteiger partial charge in [-0.2, -0.15) is 0 Å². The van der Waals surface area contributed by atoms with Crippen LogP contribution in [0.5, 0.6) is 5.75 Å². The Balaban J connectivity index is 1.53. The summed E-state index contributed by atoms with van der Waals surface area (Å²) >= 11 is 12.8. The highest BCUT2D eigenvalue weighted by atomic mass is 35.5. The molecule has 1 aliphatic heterocycles. The summed E-state index contributed by atoms with van der Waals surface area (Å²) in [5.41, 5.74) is 0.626. The van der Waals surface area contributed by atoms with Crippen molar-refractivity contribution in [3.05, 3.63) is 33.8 Å². The molecule has 1 atom stereocenters. The van der Waals surface area contributed by atoms with Crippen LogP contribution in [0.25, 0.3) is 6.08 Å². The lowest BCUT2D eigenvalue weighted by atomic mass is 9.95. The highest BCUT2D eigenvalue weighted by Crippen LogP contribution is 2.37. The third kappa shape index (κ3) is 6.17. The molecule has 0 aromatic heterocycles. The molecule has 9 heteroatoms. The van der Waals surface area contributed by atoms with Crippen LogP contribution >= 0.6 is 23.2 Å². The Kier molecular flexibility index (Phi) is 8.43. The molecule has 1 aromatic rings. The van der Waals surface area contributed by atoms with E-state index in [2.05, 4.69) is 5.32 Å². The van der Waals surface area contributed by atoms with E-state index in [1.807, 2.05) is 0 Å². The molecule has 1 saturated carbocycles. The number of amides is 2. The van der Waals surface area contributed by atoms with Gasteiger partial charge in [0.15, 0.2) is 0 Å². The van der Waals surface area contributed by atoms with E-state index < -0.39 is 12.0 Å². The monoisotopic (exact) mass is 482 g/mol. The van der Waals surface area contributed by atoms with E-state index in [4.69, 9.17) is 33.0 Å². The van der Waals surface area contributed by atoms with Gasteiger partial charge in [0.2, 0.25) is 11.8 Å². The van der Waals surface area contributed by atoms with Crippen molar-refractivity contribution in [2.24, 2.45) is 5.92 Å². The minimum absolute atomic E-state index is 0.170. The first kappa shape index (κ1) is 24.4. The summed E-state index contributed by atoms with van der Waals surface area (Å²) in [6, 6.07) is 2.62. The number of nitrogens with zero attached hydrogens (tertiary/aromatic N) is 1. The Morgan fingerprint density at radius 3 is 2.41 bits per heavy atom. The van der Waals surface area contributed by atoms with Crippen LogP contribution in [0, 0.1) is 5.92 Å². The number of likely N-dealkylation sites (tertiary alicyclic amines) is 1. The zero-order valence-electron chi connectivity index (χ0n) is 18.0. The molecule has 2 aliphatic rings. The van der Waals surface area contributed by atoms with Crippen LogP contribution in [0.3, 0.4) is 0 Å². The first-order chi connectivity index (χ1) is 15.3. The molecule has 2 N–H and O–H groups in total. The van der Waals surface area contributed by atoms with Crippen LogP contribution < -0.4 is 10.1 Å². The quantitative estimate of drug-likeness (QED) is 0.568. The molecule has 1 aromatic carbocycles. The number of hydrogen-bond acceptors (Lipinski definition) is 4. The summed E-state index contributed by atoms with van der Waals surface area (Å²) in [5.74, 6) is -1.28. The summed E-state index contributed by atoms with van der Waals surface area (Å²) in [5, 5.41) is 12.1. The number of piperidine rings is 1. The van der Waals surface area contributed by atoms with E-state index in [1.165, 1.54) is 13.0 Å². The van der Waals surface area contributed by atoms with Gasteiger partial charge in [-0.3, -0.25) is 14.4 Å². The number of halogens is 2. The van der Waals surface area contributed by atoms with Gasteiger partial charge in [-0.15, -0.1) is 0 Å². The maximum absolute atomic E-state index is 12.6. The van der Waals surface area contributed by atoms with Crippen molar-refractivity contribution in [1.82, 2.24) is 10.2 Å². The molecule has 1 heterocycles. The SMILES string of the molecule is CC(NC(=O)C1CCN(C(=O)C=Cc2ccc(OC3CCCC3)c(Cl)c2Cl)CC1)C(=O)O. The first-order valence-electron chi connectivity index (χ1n) is 10.9. The summed E-state index contributed by atoms with van der Waals surface area (Å²) in [4.78, 5) is 37.3. The Morgan fingerprint density at radius 1 is 1.12 bits per heavy atom. The predicted octanol–water partition coefficient (Wildman–Crippen LogP) is 4.16. The van der Waals surface area contributed by atoms with Crippen molar-refractivity contribution in [2.45, 2.75) is 57.6 Å². The van der Waals surface area contributed by atoms with E-state index in [0.717, 1.165) is 25.7 Å². The molecule has 2 amide bonds. The molecule has 1 unspecified atom stereocenters. The van der Waals surface area contributed by atoms with Crippen LogP contribution in [0.2, 0.25) is 10.0 Å². The molecule has 1 saturated heterocycles. The summed E-state index contributed by atoms with van der Waals surface area (Å²) in [7, 11) is 0. The molecular formula is C23H28Cl2N2O5. The largest absolute Gasteiger partial charge is 0.489 e. The van der Waals surface area contributed by atoms with Gasteiger partial charge in [-0.25, -0.2) is 0 Å². The van der Waals surface area contributed by atoms with Crippen molar-refractivity contribution in [2.75, 3.05) is 13.1 Å². The lowest BCUT2D eigenvalue weighted by molar-refractivity contribution is -0.142. The van der Waals surface area contributed by atoms with Crippen molar-refractivity contribution in [3.8, 4) is 5.75 Å². The number of carbonyl (C=O) groups excluding carboxylic acids is 2. The number of aliphatic carboxylic acids is 1. The highest BCUT2D eigenvalue weighted by Gasteiger charge is 2.28. The highest BCUT2D eigenvalue weighted by molar-refractivity contribution is 6.43. The van der Waals surface area contributed by atoms with E-state index in [9.17, 15) is 14.4 Å². The number of carbonyl (C=O) groups is 3. The number of hydrogen-bond donors (Lipinski definition) is 2. The van der Waals surface area contributed by atoms with Crippen LogP contribution in [0.4, 0.5) is 0 Å². The van der Waals surface area contributed by atoms with Crippen LogP contribution in [0.15, 0.2) is 18.2 Å². The molecule has 174 valence electrons.